The lowest BCUT2D eigenvalue weighted by Gasteiger charge is -2.23. The zero-order valence-corrected chi connectivity index (χ0v) is 13.0. The summed E-state index contributed by atoms with van der Waals surface area (Å²) < 4.78 is 6.26. The molecule has 1 unspecified atom stereocenters. The number of aryl methyl sites for hydroxylation is 1. The van der Waals surface area contributed by atoms with Gasteiger partial charge in [0.25, 0.3) is 5.91 Å². The highest BCUT2D eigenvalue weighted by Gasteiger charge is 2.25. The topological polar surface area (TPSA) is 42.2 Å². The van der Waals surface area contributed by atoms with Crippen molar-refractivity contribution in [1.82, 2.24) is 5.32 Å². The van der Waals surface area contributed by atoms with Gasteiger partial charge >= 0.3 is 0 Å². The van der Waals surface area contributed by atoms with Crippen LogP contribution in [-0.2, 0) is 6.42 Å². The predicted molar refractivity (Wildman–Crippen MR) is 81.0 cm³/mol. The Balaban J connectivity index is 1.82. The van der Waals surface area contributed by atoms with E-state index in [9.17, 15) is 4.79 Å². The fourth-order valence-electron chi connectivity index (χ4n) is 2.54. The molecule has 1 aromatic carbocycles. The van der Waals surface area contributed by atoms with Crippen molar-refractivity contribution in [2.24, 2.45) is 0 Å². The van der Waals surface area contributed by atoms with Gasteiger partial charge in [0.2, 0.25) is 0 Å². The summed E-state index contributed by atoms with van der Waals surface area (Å²) in [6, 6.07) is 7.19. The maximum atomic E-state index is 12.4. The molecule has 0 saturated heterocycles. The lowest BCUT2D eigenvalue weighted by Crippen LogP contribution is -2.30. The third-order valence-corrected chi connectivity index (χ3v) is 4.35. The first-order valence-electron chi connectivity index (χ1n) is 6.47. The van der Waals surface area contributed by atoms with E-state index in [0.717, 1.165) is 35.1 Å². The second kappa shape index (κ2) is 5.62. The van der Waals surface area contributed by atoms with E-state index in [2.05, 4.69) is 21.2 Å². The van der Waals surface area contributed by atoms with Crippen LogP contribution in [0, 0.1) is 0 Å². The van der Waals surface area contributed by atoms with E-state index < -0.39 is 0 Å². The van der Waals surface area contributed by atoms with Crippen LogP contribution in [0.1, 0.15) is 40.6 Å². The van der Waals surface area contributed by atoms with Crippen LogP contribution in [0.15, 0.2) is 39.4 Å². The van der Waals surface area contributed by atoms with Crippen molar-refractivity contribution in [1.29, 1.82) is 0 Å². The summed E-state index contributed by atoms with van der Waals surface area (Å²) in [6.45, 7) is 0. The molecule has 1 aliphatic rings. The summed E-state index contributed by atoms with van der Waals surface area (Å²) in [6.07, 6.45) is 4.55. The average molecular weight is 355 g/mol. The number of furan rings is 1. The molecule has 1 amide bonds. The van der Waals surface area contributed by atoms with E-state index in [-0.39, 0.29) is 11.9 Å². The van der Waals surface area contributed by atoms with Crippen molar-refractivity contribution in [3.63, 3.8) is 0 Å². The summed E-state index contributed by atoms with van der Waals surface area (Å²) in [5.74, 6) is 0.817. The molecule has 1 heterocycles. The highest BCUT2D eigenvalue weighted by atomic mass is 79.9. The Morgan fingerprint density at radius 2 is 2.25 bits per heavy atom. The van der Waals surface area contributed by atoms with E-state index >= 15 is 0 Å². The summed E-state index contributed by atoms with van der Waals surface area (Å²) in [7, 11) is 0. The lowest BCUT2D eigenvalue weighted by atomic mass is 9.93. The number of fused-ring (bicyclic) bond motifs is 1. The van der Waals surface area contributed by atoms with Crippen LogP contribution < -0.4 is 5.32 Å². The molecular weight excluding hydrogens is 342 g/mol. The van der Waals surface area contributed by atoms with Crippen LogP contribution in [0.2, 0.25) is 5.02 Å². The quantitative estimate of drug-likeness (QED) is 0.862. The minimum absolute atomic E-state index is 0.0000447. The van der Waals surface area contributed by atoms with Gasteiger partial charge in [0.1, 0.15) is 5.76 Å². The van der Waals surface area contributed by atoms with E-state index in [1.807, 2.05) is 12.1 Å². The van der Waals surface area contributed by atoms with Gasteiger partial charge in [-0.1, -0.05) is 27.5 Å². The molecule has 1 N–H and O–H groups in total. The third-order valence-electron chi connectivity index (χ3n) is 3.53. The number of hydrogen-bond acceptors (Lipinski definition) is 2. The molecule has 1 aliphatic carbocycles. The summed E-state index contributed by atoms with van der Waals surface area (Å²) in [5, 5.41) is 3.49. The zero-order chi connectivity index (χ0) is 14.1. The number of carbonyl (C=O) groups is 1. The highest BCUT2D eigenvalue weighted by Crippen LogP contribution is 2.31. The normalized spacial score (nSPS) is 17.6. The van der Waals surface area contributed by atoms with Crippen LogP contribution in [0.4, 0.5) is 0 Å². The molecule has 0 fully saturated rings. The van der Waals surface area contributed by atoms with Crippen molar-refractivity contribution >= 4 is 33.4 Å². The van der Waals surface area contributed by atoms with Crippen molar-refractivity contribution in [3.8, 4) is 0 Å². The van der Waals surface area contributed by atoms with E-state index in [0.29, 0.717) is 10.6 Å². The molecule has 3 rings (SSSR count). The number of benzene rings is 1. The first-order chi connectivity index (χ1) is 9.65. The van der Waals surface area contributed by atoms with Crippen LogP contribution >= 0.6 is 27.5 Å². The number of carbonyl (C=O) groups excluding carboxylic acids is 1. The van der Waals surface area contributed by atoms with Gasteiger partial charge in [-0.05, 0) is 37.1 Å². The van der Waals surface area contributed by atoms with Crippen molar-refractivity contribution < 1.29 is 9.21 Å². The van der Waals surface area contributed by atoms with Gasteiger partial charge in [0, 0.05) is 16.5 Å². The largest absolute Gasteiger partial charge is 0.469 e. The molecule has 1 atom stereocenters. The number of halogens is 2. The smallest absolute Gasteiger partial charge is 0.253 e. The highest BCUT2D eigenvalue weighted by molar-refractivity contribution is 9.10. The monoisotopic (exact) mass is 353 g/mol. The van der Waals surface area contributed by atoms with Gasteiger partial charge in [0.05, 0.1) is 22.9 Å². The maximum absolute atomic E-state index is 12.4. The first kappa shape index (κ1) is 13.7. The lowest BCUT2D eigenvalue weighted by molar-refractivity contribution is 0.0932. The first-order valence-corrected chi connectivity index (χ1v) is 7.64. The Bertz CT molecular complexity index is 653. The Kier molecular flexibility index (Phi) is 3.85. The van der Waals surface area contributed by atoms with Crippen LogP contribution in [-0.4, -0.2) is 5.91 Å². The summed E-state index contributed by atoms with van der Waals surface area (Å²) >= 11 is 9.44. The van der Waals surface area contributed by atoms with Gasteiger partial charge in [-0.2, -0.15) is 0 Å². The van der Waals surface area contributed by atoms with Crippen molar-refractivity contribution in [2.45, 2.75) is 25.3 Å². The van der Waals surface area contributed by atoms with Gasteiger partial charge in [0.15, 0.2) is 0 Å². The molecule has 0 bridgehead atoms. The van der Waals surface area contributed by atoms with Gasteiger partial charge < -0.3 is 9.73 Å². The third kappa shape index (κ3) is 2.63. The molecule has 1 aromatic heterocycles. The number of amides is 1. The summed E-state index contributed by atoms with van der Waals surface area (Å²) in [4.78, 5) is 12.4. The SMILES string of the molecule is O=C(NC1CCCc2occc21)c1cc(Br)ccc1Cl. The molecule has 2 aromatic rings. The number of rotatable bonds is 2. The Morgan fingerprint density at radius 1 is 1.40 bits per heavy atom. The fraction of sp³-hybridized carbons (Fsp3) is 0.267. The zero-order valence-electron chi connectivity index (χ0n) is 10.7. The van der Waals surface area contributed by atoms with E-state index in [4.69, 9.17) is 16.0 Å². The van der Waals surface area contributed by atoms with Gasteiger partial charge in [-0.3, -0.25) is 4.79 Å². The fourth-order valence-corrected chi connectivity index (χ4v) is 3.11. The van der Waals surface area contributed by atoms with Gasteiger partial charge in [-0.15, -0.1) is 0 Å². The van der Waals surface area contributed by atoms with Crippen LogP contribution in [0.5, 0.6) is 0 Å². The molecule has 3 nitrogen and oxygen atoms in total. The average Bonchev–Trinajstić information content (AvgIpc) is 2.91. The predicted octanol–water partition coefficient (Wildman–Crippen LogP) is 4.50. The number of nitrogens with one attached hydrogen (secondary N) is 1. The van der Waals surface area contributed by atoms with E-state index in [1.54, 1.807) is 18.4 Å². The Morgan fingerprint density at radius 3 is 3.10 bits per heavy atom. The minimum atomic E-state index is -0.157. The van der Waals surface area contributed by atoms with E-state index in [1.165, 1.54) is 0 Å². The molecular formula is C15H13BrClNO2. The standard InChI is InChI=1S/C15H13BrClNO2/c16-9-4-5-12(17)11(8-9)15(19)18-13-2-1-3-14-10(13)6-7-20-14/h4-8,13H,1-3H2,(H,18,19). The van der Waals surface area contributed by atoms with Crippen LogP contribution in [0.25, 0.3) is 0 Å². The Hall–Kier alpha value is -1.26. The maximum Gasteiger partial charge on any atom is 0.253 e. The van der Waals surface area contributed by atoms with Crippen molar-refractivity contribution in [3.05, 3.63) is 56.9 Å². The molecule has 0 radical (unpaired) electrons. The number of hydrogen-bond donors (Lipinski definition) is 1. The van der Waals surface area contributed by atoms with Gasteiger partial charge in [-0.25, -0.2) is 0 Å². The molecule has 0 aliphatic heterocycles. The molecule has 5 heteroatoms. The molecule has 0 saturated carbocycles. The molecule has 104 valence electrons. The van der Waals surface area contributed by atoms with Crippen molar-refractivity contribution in [2.75, 3.05) is 0 Å². The minimum Gasteiger partial charge on any atom is -0.469 e. The molecule has 20 heavy (non-hydrogen) atoms. The second-order valence-corrected chi connectivity index (χ2v) is 6.16. The molecule has 0 spiro atoms. The Labute approximate surface area is 130 Å². The summed E-state index contributed by atoms with van der Waals surface area (Å²) in [5.41, 5.74) is 1.56. The van der Waals surface area contributed by atoms with Crippen LogP contribution in [0.3, 0.4) is 0 Å². The second-order valence-electron chi connectivity index (χ2n) is 4.84.